The first-order chi connectivity index (χ1) is 16.9. The van der Waals surface area contributed by atoms with Crippen LogP contribution in [0, 0.1) is 13.8 Å². The van der Waals surface area contributed by atoms with Gasteiger partial charge in [0.1, 0.15) is 17.3 Å². The molecule has 3 fully saturated rings. The Morgan fingerprint density at radius 3 is 2.63 bits per heavy atom. The number of aryl methyl sites for hydroxylation is 2. The highest BCUT2D eigenvalue weighted by Crippen LogP contribution is 2.54. The highest BCUT2D eigenvalue weighted by Gasteiger charge is 2.57. The van der Waals surface area contributed by atoms with Crippen molar-refractivity contribution in [3.63, 3.8) is 0 Å². The number of hydrogen-bond acceptors (Lipinski definition) is 8. The Labute approximate surface area is 202 Å². The highest BCUT2D eigenvalue weighted by atomic mass is 16.5. The summed E-state index contributed by atoms with van der Waals surface area (Å²) in [7, 11) is 0. The Balaban J connectivity index is 1.52. The molecule has 2 aliphatic carbocycles. The number of rotatable bonds is 5. The molecule has 35 heavy (non-hydrogen) atoms. The van der Waals surface area contributed by atoms with Crippen LogP contribution in [0.5, 0.6) is 0 Å². The summed E-state index contributed by atoms with van der Waals surface area (Å²) in [5.41, 5.74) is 3.33. The van der Waals surface area contributed by atoms with Crippen LogP contribution in [0.4, 0.5) is 0 Å². The van der Waals surface area contributed by atoms with E-state index in [-0.39, 0.29) is 5.60 Å². The van der Waals surface area contributed by atoms with Gasteiger partial charge >= 0.3 is 0 Å². The van der Waals surface area contributed by atoms with Gasteiger partial charge in [-0.1, -0.05) is 5.16 Å². The maximum atomic E-state index is 12.7. The predicted octanol–water partition coefficient (Wildman–Crippen LogP) is 3.64. The van der Waals surface area contributed by atoms with E-state index in [9.17, 15) is 5.11 Å². The lowest BCUT2D eigenvalue weighted by molar-refractivity contribution is -0.0937. The van der Waals surface area contributed by atoms with Gasteiger partial charge in [0, 0.05) is 23.2 Å². The molecule has 2 saturated carbocycles. The van der Waals surface area contributed by atoms with Crippen molar-refractivity contribution in [3.05, 3.63) is 59.0 Å². The standard InChI is InChI=1S/C26H28N6O3/c1-14-22(15(2)35-31-14)17-12-18(23-19(13-17)32(27)24(29-23)16-5-6-16)26(33,20-4-3-11-28-30-20)21-7-8-25(34-21)9-10-25/h3-4,11-13,16,21,33H,5-10,27H2,1-2H3/t21-,26-/m0/s1. The second kappa shape index (κ2) is 7.11. The third-order valence-electron chi connectivity index (χ3n) is 7.99. The van der Waals surface area contributed by atoms with Gasteiger partial charge in [0.15, 0.2) is 5.60 Å². The first-order valence-corrected chi connectivity index (χ1v) is 12.3. The molecule has 1 aliphatic heterocycles. The molecule has 4 heterocycles. The number of fused-ring (bicyclic) bond motifs is 1. The average Bonchev–Trinajstić information content (AvgIpc) is 3.75. The Bertz CT molecular complexity index is 1430. The summed E-state index contributed by atoms with van der Waals surface area (Å²) < 4.78 is 13.7. The van der Waals surface area contributed by atoms with Gasteiger partial charge in [-0.05, 0) is 82.2 Å². The largest absolute Gasteiger partial charge is 0.376 e. The van der Waals surface area contributed by atoms with Crippen molar-refractivity contribution < 1.29 is 14.4 Å². The summed E-state index contributed by atoms with van der Waals surface area (Å²) in [6, 6.07) is 7.60. The van der Waals surface area contributed by atoms with Gasteiger partial charge in [-0.2, -0.15) is 10.2 Å². The number of hydrogen-bond donors (Lipinski definition) is 2. The van der Waals surface area contributed by atoms with Crippen LogP contribution in [0.25, 0.3) is 22.2 Å². The molecule has 9 nitrogen and oxygen atoms in total. The molecule has 1 spiro atoms. The number of aliphatic hydroxyl groups is 1. The average molecular weight is 473 g/mol. The van der Waals surface area contributed by atoms with Crippen LogP contribution in [0.15, 0.2) is 35.0 Å². The topological polar surface area (TPSA) is 125 Å². The first-order valence-electron chi connectivity index (χ1n) is 12.3. The lowest BCUT2D eigenvalue weighted by Gasteiger charge is -2.34. The fourth-order valence-corrected chi connectivity index (χ4v) is 5.77. The fourth-order valence-electron chi connectivity index (χ4n) is 5.77. The van der Waals surface area contributed by atoms with Crippen molar-refractivity contribution in [2.45, 2.75) is 75.6 Å². The summed E-state index contributed by atoms with van der Waals surface area (Å²) in [6.07, 6.45) is 6.96. The summed E-state index contributed by atoms with van der Waals surface area (Å²) in [5, 5.41) is 25.3. The van der Waals surface area contributed by atoms with E-state index in [1.54, 1.807) is 16.9 Å². The maximum Gasteiger partial charge on any atom is 0.161 e. The smallest absolute Gasteiger partial charge is 0.161 e. The summed E-state index contributed by atoms with van der Waals surface area (Å²) >= 11 is 0. The van der Waals surface area contributed by atoms with E-state index in [4.69, 9.17) is 20.1 Å². The molecule has 2 atom stereocenters. The minimum absolute atomic E-state index is 0.119. The van der Waals surface area contributed by atoms with E-state index in [1.807, 2.05) is 32.0 Å². The van der Waals surface area contributed by atoms with Crippen LogP contribution in [-0.2, 0) is 10.3 Å². The third-order valence-corrected chi connectivity index (χ3v) is 7.99. The number of imidazole rings is 1. The number of ether oxygens (including phenoxy) is 1. The van der Waals surface area contributed by atoms with E-state index in [0.29, 0.717) is 28.5 Å². The van der Waals surface area contributed by atoms with Crippen LogP contribution in [0.3, 0.4) is 0 Å². The summed E-state index contributed by atoms with van der Waals surface area (Å²) in [5.74, 6) is 8.49. The molecular weight excluding hydrogens is 444 g/mol. The van der Waals surface area contributed by atoms with Crippen molar-refractivity contribution in [1.29, 1.82) is 0 Å². The van der Waals surface area contributed by atoms with Crippen LogP contribution in [0.2, 0.25) is 0 Å². The quantitative estimate of drug-likeness (QED) is 0.422. The Morgan fingerprint density at radius 1 is 1.17 bits per heavy atom. The number of aromatic nitrogens is 5. The molecular formula is C26H28N6O3. The summed E-state index contributed by atoms with van der Waals surface area (Å²) in [6.45, 7) is 3.80. The van der Waals surface area contributed by atoms with E-state index in [1.165, 1.54) is 0 Å². The van der Waals surface area contributed by atoms with Gasteiger partial charge in [0.25, 0.3) is 0 Å². The zero-order chi connectivity index (χ0) is 23.9. The molecule has 0 bridgehead atoms. The van der Waals surface area contributed by atoms with Gasteiger partial charge in [-0.25, -0.2) is 9.66 Å². The van der Waals surface area contributed by atoms with Crippen molar-refractivity contribution >= 4 is 11.0 Å². The van der Waals surface area contributed by atoms with Gasteiger partial charge in [-0.3, -0.25) is 0 Å². The van der Waals surface area contributed by atoms with Gasteiger partial charge in [0.05, 0.1) is 28.4 Å². The number of benzene rings is 1. The Kier molecular flexibility index (Phi) is 4.27. The lowest BCUT2D eigenvalue weighted by Crippen LogP contribution is -2.42. The molecule has 7 rings (SSSR count). The van der Waals surface area contributed by atoms with E-state index >= 15 is 0 Å². The van der Waals surface area contributed by atoms with Crippen LogP contribution < -0.4 is 5.84 Å². The number of nitrogens with two attached hydrogens (primary N) is 1. The van der Waals surface area contributed by atoms with Crippen molar-refractivity contribution in [2.75, 3.05) is 5.84 Å². The molecule has 3 aliphatic rings. The molecule has 1 saturated heterocycles. The van der Waals surface area contributed by atoms with Crippen molar-refractivity contribution in [1.82, 2.24) is 25.0 Å². The van der Waals surface area contributed by atoms with Crippen LogP contribution in [-0.4, -0.2) is 41.8 Å². The van der Waals surface area contributed by atoms with Crippen molar-refractivity contribution in [3.8, 4) is 11.1 Å². The van der Waals surface area contributed by atoms with Gasteiger partial charge in [0.2, 0.25) is 0 Å². The van der Waals surface area contributed by atoms with E-state index in [2.05, 4.69) is 15.4 Å². The summed E-state index contributed by atoms with van der Waals surface area (Å²) in [4.78, 5) is 4.99. The zero-order valence-electron chi connectivity index (χ0n) is 19.9. The minimum atomic E-state index is -1.55. The molecule has 180 valence electrons. The molecule has 3 aromatic heterocycles. The molecule has 3 N–H and O–H groups in total. The monoisotopic (exact) mass is 472 g/mol. The van der Waals surface area contributed by atoms with Crippen molar-refractivity contribution in [2.24, 2.45) is 0 Å². The lowest BCUT2D eigenvalue weighted by atomic mass is 9.81. The second-order valence-corrected chi connectivity index (χ2v) is 10.4. The first kappa shape index (κ1) is 21.0. The highest BCUT2D eigenvalue weighted by molar-refractivity contribution is 5.88. The molecule has 0 amide bonds. The third kappa shape index (κ3) is 3.07. The molecule has 0 radical (unpaired) electrons. The van der Waals surface area contributed by atoms with Crippen LogP contribution in [0.1, 0.15) is 73.0 Å². The minimum Gasteiger partial charge on any atom is -0.376 e. The zero-order valence-corrected chi connectivity index (χ0v) is 19.9. The maximum absolute atomic E-state index is 12.7. The fraction of sp³-hybridized carbons (Fsp3) is 0.462. The van der Waals surface area contributed by atoms with E-state index in [0.717, 1.165) is 66.7 Å². The predicted molar refractivity (Wildman–Crippen MR) is 128 cm³/mol. The Hall–Kier alpha value is -3.30. The number of nitrogen functional groups attached to an aromatic ring is 1. The molecule has 4 aromatic rings. The van der Waals surface area contributed by atoms with Gasteiger partial charge < -0.3 is 20.2 Å². The SMILES string of the molecule is Cc1noc(C)c1-c1cc([C@](O)(c2cccnn2)[C@@H]2CCC3(CC3)O2)c2nc(C3CC3)n(N)c2c1. The van der Waals surface area contributed by atoms with E-state index < -0.39 is 11.7 Å². The number of nitrogens with zero attached hydrogens (tertiary/aromatic N) is 5. The molecule has 0 unspecified atom stereocenters. The normalized spacial score (nSPS) is 22.7. The molecule has 9 heteroatoms. The van der Waals surface area contributed by atoms with Crippen LogP contribution >= 0.6 is 0 Å². The second-order valence-electron chi connectivity index (χ2n) is 10.4. The Morgan fingerprint density at radius 2 is 2.00 bits per heavy atom. The van der Waals surface area contributed by atoms with Gasteiger partial charge in [-0.15, -0.1) is 0 Å². The molecule has 1 aromatic carbocycles.